The second-order valence-corrected chi connectivity index (χ2v) is 16.0. The van der Waals surface area contributed by atoms with E-state index >= 15 is 0 Å². The van der Waals surface area contributed by atoms with Crippen LogP contribution in [-0.2, 0) is 27.9 Å². The molecule has 0 saturated heterocycles. The molecule has 0 bridgehead atoms. The van der Waals surface area contributed by atoms with Gasteiger partial charge in [0.2, 0.25) is 0 Å². The molecule has 51 heavy (non-hydrogen) atoms. The molecule has 0 radical (unpaired) electrons. The number of allylic oxidation sites excluding steroid dienone is 8. The topological polar surface area (TPSA) is 94.1 Å². The fraction of sp³-hybridized carbons (Fsp3) is 0.786. The van der Waals surface area contributed by atoms with Gasteiger partial charge in [-0.05, 0) is 64.2 Å². The van der Waals surface area contributed by atoms with Gasteiger partial charge in [0, 0.05) is 13.0 Å². The van der Waals surface area contributed by atoms with Crippen molar-refractivity contribution in [2.45, 2.75) is 161 Å². The van der Waals surface area contributed by atoms with Crippen molar-refractivity contribution in [3.05, 3.63) is 48.6 Å². The lowest BCUT2D eigenvalue weighted by Crippen LogP contribution is -2.37. The van der Waals surface area contributed by atoms with Crippen LogP contribution in [0.4, 0.5) is 0 Å². The third kappa shape index (κ3) is 39.5. The number of carbonyl (C=O) groups is 1. The Hall–Kier alpha value is -1.54. The van der Waals surface area contributed by atoms with Gasteiger partial charge in [0.15, 0.2) is 0 Å². The van der Waals surface area contributed by atoms with Gasteiger partial charge in [0.1, 0.15) is 19.3 Å². The number of hydrogen-bond donors (Lipinski definition) is 0. The van der Waals surface area contributed by atoms with Crippen LogP contribution in [0.25, 0.3) is 0 Å². The lowest BCUT2D eigenvalue weighted by Gasteiger charge is -2.28. The molecule has 0 aromatic rings. The van der Waals surface area contributed by atoms with Crippen molar-refractivity contribution < 1.29 is 37.3 Å². The molecule has 0 aliphatic rings. The van der Waals surface area contributed by atoms with E-state index in [1.54, 1.807) is 0 Å². The van der Waals surface area contributed by atoms with Gasteiger partial charge in [-0.3, -0.25) is 9.36 Å². The molecule has 2 unspecified atom stereocenters. The number of likely N-dealkylation sites (N-methyl/N-ethyl adjacent to an activating group) is 1. The average molecular weight is 740 g/mol. The van der Waals surface area contributed by atoms with Gasteiger partial charge in [0.05, 0.1) is 34.4 Å². The highest BCUT2D eigenvalue weighted by molar-refractivity contribution is 7.45. The van der Waals surface area contributed by atoms with Gasteiger partial charge in [-0.2, -0.15) is 0 Å². The fourth-order valence-corrected chi connectivity index (χ4v) is 5.84. The number of phosphoric acid groups is 1. The minimum atomic E-state index is -4.53. The minimum Gasteiger partial charge on any atom is -0.756 e. The summed E-state index contributed by atoms with van der Waals surface area (Å²) in [6, 6.07) is 0. The van der Waals surface area contributed by atoms with Crippen molar-refractivity contribution in [3.63, 3.8) is 0 Å². The monoisotopic (exact) mass is 740 g/mol. The summed E-state index contributed by atoms with van der Waals surface area (Å²) in [7, 11) is 1.33. The van der Waals surface area contributed by atoms with Crippen LogP contribution in [0.2, 0.25) is 0 Å². The maximum absolute atomic E-state index is 12.6. The number of nitrogens with zero attached hydrogens (tertiary/aromatic N) is 1. The van der Waals surface area contributed by atoms with E-state index in [9.17, 15) is 14.3 Å². The molecule has 0 aromatic carbocycles. The Morgan fingerprint density at radius 1 is 0.608 bits per heavy atom. The van der Waals surface area contributed by atoms with Crippen molar-refractivity contribution in [1.82, 2.24) is 0 Å². The molecular weight excluding hydrogens is 661 g/mol. The summed E-state index contributed by atoms with van der Waals surface area (Å²) < 4.78 is 34.5. The first kappa shape index (κ1) is 49.5. The molecule has 0 aliphatic carbocycles. The standard InChI is InChI=1S/C42H78NO7P/c1-6-8-10-12-14-16-18-20-22-24-26-28-30-32-34-37-47-39-41(40-49-51(45,46)48-38-36-43(3,4)5)50-42(44)35-33-31-29-27-25-23-21-19-17-15-13-11-9-7-2/h12-15,18-21,41H,6-11,16-17,22-40H2,1-5H3/b14-12-,15-13-,20-18-,21-19-. The zero-order valence-corrected chi connectivity index (χ0v) is 34.4. The maximum atomic E-state index is 12.6. The molecule has 0 fully saturated rings. The van der Waals surface area contributed by atoms with Crippen molar-refractivity contribution in [3.8, 4) is 0 Å². The van der Waals surface area contributed by atoms with Gasteiger partial charge >= 0.3 is 5.97 Å². The molecule has 0 amide bonds. The lowest BCUT2D eigenvalue weighted by atomic mass is 10.1. The highest BCUT2D eigenvalue weighted by Crippen LogP contribution is 2.38. The molecular formula is C42H78NO7P. The smallest absolute Gasteiger partial charge is 0.306 e. The largest absolute Gasteiger partial charge is 0.756 e. The number of phosphoric ester groups is 1. The van der Waals surface area contributed by atoms with Crippen LogP contribution in [0.1, 0.15) is 155 Å². The van der Waals surface area contributed by atoms with Crippen LogP contribution < -0.4 is 4.89 Å². The summed E-state index contributed by atoms with van der Waals surface area (Å²) in [5.74, 6) is -0.355. The average Bonchev–Trinajstić information content (AvgIpc) is 3.08. The van der Waals surface area contributed by atoms with Crippen LogP contribution in [0.15, 0.2) is 48.6 Å². The van der Waals surface area contributed by atoms with E-state index in [0.717, 1.165) is 77.0 Å². The Kier molecular flexibility index (Phi) is 34.4. The molecule has 0 aliphatic heterocycles. The Morgan fingerprint density at radius 3 is 1.59 bits per heavy atom. The molecule has 0 rings (SSSR count). The lowest BCUT2D eigenvalue weighted by molar-refractivity contribution is -0.870. The number of unbranched alkanes of at least 4 members (excludes halogenated alkanes) is 15. The van der Waals surface area contributed by atoms with Gasteiger partial charge in [0.25, 0.3) is 7.82 Å². The normalized spacial score (nSPS) is 14.4. The molecule has 0 saturated carbocycles. The number of hydrogen-bond acceptors (Lipinski definition) is 7. The van der Waals surface area contributed by atoms with E-state index in [1.165, 1.54) is 57.8 Å². The van der Waals surface area contributed by atoms with Crippen molar-refractivity contribution in [1.29, 1.82) is 0 Å². The Balaban J connectivity index is 4.33. The number of ether oxygens (including phenoxy) is 2. The highest BCUT2D eigenvalue weighted by Gasteiger charge is 2.20. The number of carbonyl (C=O) groups excluding carboxylic acids is 1. The first-order valence-electron chi connectivity index (χ1n) is 20.4. The number of esters is 1. The Bertz CT molecular complexity index is 957. The maximum Gasteiger partial charge on any atom is 0.306 e. The van der Waals surface area contributed by atoms with Gasteiger partial charge in [-0.1, -0.05) is 133 Å². The first-order chi connectivity index (χ1) is 24.6. The zero-order chi connectivity index (χ0) is 37.7. The van der Waals surface area contributed by atoms with E-state index in [1.807, 2.05) is 21.1 Å². The van der Waals surface area contributed by atoms with E-state index in [4.69, 9.17) is 18.5 Å². The third-order valence-electron chi connectivity index (χ3n) is 8.35. The molecule has 0 spiro atoms. The van der Waals surface area contributed by atoms with Gasteiger partial charge in [-0.25, -0.2) is 0 Å². The zero-order valence-electron chi connectivity index (χ0n) is 33.5. The van der Waals surface area contributed by atoms with Gasteiger partial charge < -0.3 is 27.9 Å². The van der Waals surface area contributed by atoms with Crippen molar-refractivity contribution in [2.24, 2.45) is 0 Å². The summed E-state index contributed by atoms with van der Waals surface area (Å²) in [5, 5.41) is 0. The van der Waals surface area contributed by atoms with Crippen LogP contribution >= 0.6 is 7.82 Å². The van der Waals surface area contributed by atoms with Crippen LogP contribution in [0, 0.1) is 0 Å². The van der Waals surface area contributed by atoms with E-state index in [-0.39, 0.29) is 25.8 Å². The van der Waals surface area contributed by atoms with E-state index < -0.39 is 13.9 Å². The van der Waals surface area contributed by atoms with Crippen LogP contribution in [-0.4, -0.2) is 70.7 Å². The predicted molar refractivity (Wildman–Crippen MR) is 213 cm³/mol. The second kappa shape index (κ2) is 35.5. The molecule has 0 aromatic heterocycles. The molecule has 9 heteroatoms. The Labute approximate surface area is 314 Å². The van der Waals surface area contributed by atoms with Crippen molar-refractivity contribution in [2.75, 3.05) is 54.1 Å². The molecule has 0 heterocycles. The summed E-state index contributed by atoms with van der Waals surface area (Å²) in [5.41, 5.74) is 0. The first-order valence-corrected chi connectivity index (χ1v) is 21.8. The summed E-state index contributed by atoms with van der Waals surface area (Å²) in [6.07, 6.45) is 41.1. The fourth-order valence-electron chi connectivity index (χ4n) is 5.11. The van der Waals surface area contributed by atoms with Crippen LogP contribution in [0.3, 0.4) is 0 Å². The Morgan fingerprint density at radius 2 is 1.08 bits per heavy atom. The highest BCUT2D eigenvalue weighted by atomic mass is 31.2. The molecule has 298 valence electrons. The quantitative estimate of drug-likeness (QED) is 0.0206. The third-order valence-corrected chi connectivity index (χ3v) is 9.32. The van der Waals surface area contributed by atoms with Crippen LogP contribution in [0.5, 0.6) is 0 Å². The molecule has 8 nitrogen and oxygen atoms in total. The summed E-state index contributed by atoms with van der Waals surface area (Å²) in [6.45, 7) is 5.27. The van der Waals surface area contributed by atoms with E-state index in [2.05, 4.69) is 62.5 Å². The number of quaternary nitrogens is 1. The predicted octanol–water partition coefficient (Wildman–Crippen LogP) is 11.0. The second-order valence-electron chi connectivity index (χ2n) is 14.6. The summed E-state index contributed by atoms with van der Waals surface area (Å²) >= 11 is 0. The van der Waals surface area contributed by atoms with E-state index in [0.29, 0.717) is 24.1 Å². The SMILES string of the molecule is CCCC/C=C\C/C=C\CCCCCCCCOCC(COP(=O)([O-])OCC[N+](C)(C)C)OC(=O)CCCCCCC/C=C\C/C=C\CCCC. The van der Waals surface area contributed by atoms with Crippen molar-refractivity contribution >= 4 is 13.8 Å². The number of rotatable bonds is 37. The summed E-state index contributed by atoms with van der Waals surface area (Å²) in [4.78, 5) is 25.0. The molecule has 2 atom stereocenters. The minimum absolute atomic E-state index is 0.0193. The molecule has 0 N–H and O–H groups in total. The van der Waals surface area contributed by atoms with Gasteiger partial charge in [-0.15, -0.1) is 0 Å².